The molecule has 41 heavy (non-hydrogen) atoms. The second-order valence-electron chi connectivity index (χ2n) is 8.84. The highest BCUT2D eigenvalue weighted by atomic mass is 79.9. The molecule has 0 fully saturated rings. The Labute approximate surface area is 242 Å². The summed E-state index contributed by atoms with van der Waals surface area (Å²) < 4.78 is 109. The number of nitrogens with one attached hydrogen (secondary N) is 1. The summed E-state index contributed by atoms with van der Waals surface area (Å²) in [5, 5.41) is 1.84. The third-order valence-electron chi connectivity index (χ3n) is 6.05. The van der Waals surface area contributed by atoms with E-state index in [2.05, 4.69) is 21.2 Å². The lowest BCUT2D eigenvalue weighted by atomic mass is 9.94. The quantitative estimate of drug-likeness (QED) is 0.308. The number of hydrogen-bond donors (Lipinski definition) is 1. The van der Waals surface area contributed by atoms with E-state index in [0.29, 0.717) is 17.9 Å². The lowest BCUT2D eigenvalue weighted by molar-refractivity contribution is -0.348. The van der Waals surface area contributed by atoms with Crippen molar-refractivity contribution in [2.45, 2.75) is 31.4 Å². The summed E-state index contributed by atoms with van der Waals surface area (Å²) in [4.78, 5) is 27.6. The Bertz CT molecular complexity index is 1370. The van der Waals surface area contributed by atoms with E-state index in [4.69, 9.17) is 11.6 Å². The molecule has 0 aliphatic carbocycles. The summed E-state index contributed by atoms with van der Waals surface area (Å²) in [6.45, 7) is 2.44. The molecule has 0 spiro atoms. The second-order valence-corrected chi connectivity index (χ2v) is 10.1. The van der Waals surface area contributed by atoms with Gasteiger partial charge in [-0.2, -0.15) is 26.3 Å². The molecule has 2 aromatic carbocycles. The van der Waals surface area contributed by atoms with Gasteiger partial charge in [-0.05, 0) is 46.6 Å². The fourth-order valence-electron chi connectivity index (χ4n) is 3.96. The largest absolute Gasteiger partial charge is 0.435 e. The molecule has 15 heteroatoms. The van der Waals surface area contributed by atoms with Crippen LogP contribution in [0.15, 0.2) is 58.7 Å². The van der Waals surface area contributed by atoms with Gasteiger partial charge in [0, 0.05) is 36.4 Å². The molecule has 1 N–H and O–H groups in total. The van der Waals surface area contributed by atoms with Crippen LogP contribution >= 0.6 is 27.5 Å². The van der Waals surface area contributed by atoms with E-state index >= 15 is 4.39 Å². The predicted octanol–water partition coefficient (Wildman–Crippen LogP) is 7.59. The molecule has 0 aromatic heterocycles. The first-order valence-electron chi connectivity index (χ1n) is 11.8. The van der Waals surface area contributed by atoms with Crippen LogP contribution in [-0.2, 0) is 10.5 Å². The predicted molar refractivity (Wildman–Crippen MR) is 141 cm³/mol. The smallest absolute Gasteiger partial charge is 0.352 e. The summed E-state index contributed by atoms with van der Waals surface area (Å²) in [6.07, 6.45) is -7.52. The van der Waals surface area contributed by atoms with Crippen molar-refractivity contribution in [2.24, 2.45) is 0 Å². The average molecular weight is 675 g/mol. The Hall–Kier alpha value is -3.13. The van der Waals surface area contributed by atoms with Crippen LogP contribution in [0.1, 0.15) is 29.3 Å². The highest BCUT2D eigenvalue weighted by Crippen LogP contribution is 2.54. The average Bonchev–Trinajstić information content (AvgIpc) is 2.89. The van der Waals surface area contributed by atoms with Gasteiger partial charge in [-0.1, -0.05) is 36.7 Å². The summed E-state index contributed by atoms with van der Waals surface area (Å²) in [5.41, 5.74) is -8.44. The molecule has 1 aliphatic rings. The zero-order chi connectivity index (χ0) is 30.9. The van der Waals surface area contributed by atoms with Gasteiger partial charge in [0.05, 0.1) is 27.5 Å². The minimum absolute atomic E-state index is 0.0903. The van der Waals surface area contributed by atoms with E-state index in [-0.39, 0.29) is 29.9 Å². The van der Waals surface area contributed by atoms with Crippen LogP contribution in [0.2, 0.25) is 5.02 Å². The topological polar surface area (TPSA) is 52.7 Å². The number of benzene rings is 2. The van der Waals surface area contributed by atoms with Gasteiger partial charge in [0.2, 0.25) is 0 Å². The maximum absolute atomic E-state index is 15.6. The molecule has 3 rings (SSSR count). The van der Waals surface area contributed by atoms with Crippen LogP contribution in [0.4, 0.5) is 46.5 Å². The van der Waals surface area contributed by atoms with Crippen LogP contribution in [0, 0.1) is 5.82 Å². The van der Waals surface area contributed by atoms with Gasteiger partial charge in [0.15, 0.2) is 5.82 Å². The van der Waals surface area contributed by atoms with E-state index in [1.165, 1.54) is 23.2 Å². The molecule has 5 nitrogen and oxygen atoms in total. The van der Waals surface area contributed by atoms with E-state index in [1.54, 1.807) is 12.2 Å². The van der Waals surface area contributed by atoms with Crippen LogP contribution < -0.4 is 15.1 Å². The normalized spacial score (nSPS) is 14.1. The number of amides is 2. The first kappa shape index (κ1) is 32.4. The second kappa shape index (κ2) is 12.0. The van der Waals surface area contributed by atoms with Crippen LogP contribution in [0.25, 0.3) is 0 Å². The first-order valence-corrected chi connectivity index (χ1v) is 12.9. The first-order chi connectivity index (χ1) is 19.0. The molecule has 0 saturated heterocycles. The molecule has 2 amide bonds. The number of anilines is 2. The van der Waals surface area contributed by atoms with Crippen molar-refractivity contribution in [3.63, 3.8) is 0 Å². The van der Waals surface area contributed by atoms with Crippen molar-refractivity contribution in [1.82, 2.24) is 5.32 Å². The number of carbonyl (C=O) groups excluding carboxylic acids is 2. The Balaban J connectivity index is 1.99. The number of nitrogens with zero attached hydrogens (tertiary/aromatic N) is 2. The lowest BCUT2D eigenvalue weighted by Crippen LogP contribution is -2.50. The van der Waals surface area contributed by atoms with Gasteiger partial charge < -0.3 is 15.1 Å². The molecular formula is C26H21BrClF8N3O2. The maximum Gasteiger partial charge on any atom is 0.435 e. The molecule has 0 bridgehead atoms. The summed E-state index contributed by atoms with van der Waals surface area (Å²) in [7, 11) is 1.05. The minimum atomic E-state index is -6.38. The number of alkyl halides is 7. The zero-order valence-corrected chi connectivity index (χ0v) is 23.6. The van der Waals surface area contributed by atoms with Gasteiger partial charge in [-0.15, -0.1) is 0 Å². The van der Waals surface area contributed by atoms with Crippen LogP contribution in [0.5, 0.6) is 0 Å². The van der Waals surface area contributed by atoms with E-state index < -0.39 is 62.0 Å². The van der Waals surface area contributed by atoms with Crippen molar-refractivity contribution < 1.29 is 44.7 Å². The highest BCUT2D eigenvalue weighted by Gasteiger charge is 2.73. The fourth-order valence-corrected chi connectivity index (χ4v) is 5.15. The molecule has 0 atom stereocenters. The molecular weight excluding hydrogens is 654 g/mol. The molecule has 222 valence electrons. The number of rotatable bonds is 7. The molecule has 0 radical (unpaired) electrons. The fraction of sp³-hybridized carbons (Fsp3) is 0.308. The SMILES string of the molecule is CCCNC(=O)C1=CN(c2cccc(C(=O)N(C)c3c(Cl)cc(C(F)(C(F)(F)F)C(F)(F)F)cc3Br)c2F)CC=C1. The van der Waals surface area contributed by atoms with Crippen LogP contribution in [-0.4, -0.2) is 44.3 Å². The number of carbonyl (C=O) groups is 2. The summed E-state index contributed by atoms with van der Waals surface area (Å²) in [6, 6.07) is 4.10. The Morgan fingerprint density at radius 2 is 1.73 bits per heavy atom. The molecule has 0 unspecified atom stereocenters. The number of hydrogen-bond acceptors (Lipinski definition) is 3. The highest BCUT2D eigenvalue weighted by molar-refractivity contribution is 9.10. The van der Waals surface area contributed by atoms with Gasteiger partial charge in [-0.25, -0.2) is 8.78 Å². The standard InChI is InChI=1S/C26H21BrClF8N3O2/c1-3-9-37-22(40)14-6-5-10-39(13-14)19-8-4-7-16(20(19)29)23(41)38(2)21-17(27)11-15(12-18(21)28)24(30,25(31,32)33)26(34,35)36/h4-8,11-13H,3,9-10H2,1-2H3,(H,37,40). The van der Waals surface area contributed by atoms with Crippen molar-refractivity contribution in [3.8, 4) is 0 Å². The third kappa shape index (κ3) is 6.22. The van der Waals surface area contributed by atoms with Crippen LogP contribution in [0.3, 0.4) is 0 Å². The summed E-state index contributed by atoms with van der Waals surface area (Å²) in [5.74, 6) is -2.49. The lowest BCUT2D eigenvalue weighted by Gasteiger charge is -2.31. The Kier molecular flexibility index (Phi) is 9.48. The van der Waals surface area contributed by atoms with E-state index in [1.807, 2.05) is 6.92 Å². The molecule has 1 aliphatic heterocycles. The summed E-state index contributed by atoms with van der Waals surface area (Å²) >= 11 is 8.73. The Morgan fingerprint density at radius 3 is 2.29 bits per heavy atom. The van der Waals surface area contributed by atoms with Crippen molar-refractivity contribution in [1.29, 1.82) is 0 Å². The molecule has 0 saturated carbocycles. The molecule has 2 aromatic rings. The number of halogens is 10. The minimum Gasteiger partial charge on any atom is -0.352 e. The van der Waals surface area contributed by atoms with Gasteiger partial charge >= 0.3 is 18.0 Å². The van der Waals surface area contributed by atoms with E-state index in [0.717, 1.165) is 13.1 Å². The monoisotopic (exact) mass is 673 g/mol. The van der Waals surface area contributed by atoms with Gasteiger partial charge in [0.1, 0.15) is 0 Å². The Morgan fingerprint density at radius 1 is 1.10 bits per heavy atom. The maximum atomic E-state index is 15.6. The van der Waals surface area contributed by atoms with Crippen molar-refractivity contribution in [2.75, 3.05) is 29.9 Å². The third-order valence-corrected chi connectivity index (χ3v) is 6.94. The van der Waals surface area contributed by atoms with Gasteiger partial charge in [0.25, 0.3) is 11.8 Å². The van der Waals surface area contributed by atoms with E-state index in [9.17, 15) is 40.3 Å². The van der Waals surface area contributed by atoms with Crippen molar-refractivity contribution >= 4 is 50.7 Å². The molecule has 1 heterocycles. The van der Waals surface area contributed by atoms with Crippen molar-refractivity contribution in [3.05, 3.63) is 80.7 Å². The zero-order valence-electron chi connectivity index (χ0n) is 21.2. The van der Waals surface area contributed by atoms with Gasteiger partial charge in [-0.3, -0.25) is 9.59 Å².